The minimum atomic E-state index is -4.02. The average Bonchev–Trinajstić information content (AvgIpc) is 2.93. The second-order valence-electron chi connectivity index (χ2n) is 8.62. The number of ether oxygens (including phenoxy) is 2. The maximum atomic E-state index is 13.6. The lowest BCUT2D eigenvalue weighted by molar-refractivity contribution is -0.131. The molecule has 1 aliphatic rings. The summed E-state index contributed by atoms with van der Waals surface area (Å²) in [7, 11) is -0.926. The van der Waals surface area contributed by atoms with Gasteiger partial charge < -0.3 is 19.3 Å². The van der Waals surface area contributed by atoms with E-state index in [0.29, 0.717) is 31.9 Å². The van der Waals surface area contributed by atoms with E-state index in [1.54, 1.807) is 12.0 Å². The van der Waals surface area contributed by atoms with Crippen molar-refractivity contribution in [1.29, 1.82) is 0 Å². The predicted molar refractivity (Wildman–Crippen MR) is 144 cm³/mol. The molecule has 3 aromatic rings. The van der Waals surface area contributed by atoms with Crippen molar-refractivity contribution in [1.82, 2.24) is 9.21 Å². The smallest absolute Gasteiger partial charge is 0.243 e. The zero-order valence-corrected chi connectivity index (χ0v) is 22.4. The second kappa shape index (κ2) is 11.9. The molecule has 0 atom stereocenters. The van der Waals surface area contributed by atoms with E-state index < -0.39 is 10.0 Å². The van der Waals surface area contributed by atoms with Gasteiger partial charge in [-0.1, -0.05) is 41.9 Å². The van der Waals surface area contributed by atoms with Crippen LogP contribution >= 0.6 is 11.6 Å². The number of methoxy groups -OCH3 is 2. The number of amides is 1. The predicted octanol–water partition coefficient (Wildman–Crippen LogP) is 3.90. The van der Waals surface area contributed by atoms with Crippen molar-refractivity contribution in [3.63, 3.8) is 0 Å². The third-order valence-corrected chi connectivity index (χ3v) is 8.43. The summed E-state index contributed by atoms with van der Waals surface area (Å²) in [6.07, 6.45) is 0. The number of nitrogens with zero attached hydrogens (tertiary/aromatic N) is 3. The van der Waals surface area contributed by atoms with Crippen LogP contribution in [0.1, 0.15) is 5.56 Å². The minimum absolute atomic E-state index is 0.00589. The fraction of sp³-hybridized carbons (Fsp3) is 0.296. The fourth-order valence-electron chi connectivity index (χ4n) is 4.23. The molecular weight excluding hydrogens is 514 g/mol. The van der Waals surface area contributed by atoms with Crippen LogP contribution in [0, 0.1) is 0 Å². The second-order valence-corrected chi connectivity index (χ2v) is 11.0. The minimum Gasteiger partial charge on any atom is -0.497 e. The van der Waals surface area contributed by atoms with Crippen LogP contribution in [0.15, 0.2) is 77.7 Å². The molecule has 0 aromatic heterocycles. The summed E-state index contributed by atoms with van der Waals surface area (Å²) in [4.78, 5) is 17.2. The lowest BCUT2D eigenvalue weighted by Crippen LogP contribution is -2.51. The summed E-state index contributed by atoms with van der Waals surface area (Å²) in [6.45, 7) is 2.08. The van der Waals surface area contributed by atoms with Crippen molar-refractivity contribution >= 4 is 33.2 Å². The van der Waals surface area contributed by atoms with Gasteiger partial charge in [0.2, 0.25) is 15.9 Å². The molecule has 0 radical (unpaired) electrons. The van der Waals surface area contributed by atoms with E-state index in [-0.39, 0.29) is 28.9 Å². The molecule has 0 N–H and O–H groups in total. The number of halogens is 1. The molecule has 10 heteroatoms. The quantitative estimate of drug-likeness (QED) is 0.407. The van der Waals surface area contributed by atoms with Crippen LogP contribution in [0.2, 0.25) is 5.02 Å². The highest BCUT2D eigenvalue weighted by Crippen LogP contribution is 2.29. The van der Waals surface area contributed by atoms with Gasteiger partial charge in [0.15, 0.2) is 0 Å². The van der Waals surface area contributed by atoms with Crippen molar-refractivity contribution in [3.8, 4) is 11.5 Å². The van der Waals surface area contributed by atoms with E-state index in [1.807, 2.05) is 54.6 Å². The zero-order chi connectivity index (χ0) is 26.4. The third-order valence-electron chi connectivity index (χ3n) is 6.34. The fourth-order valence-corrected chi connectivity index (χ4v) is 5.95. The zero-order valence-electron chi connectivity index (χ0n) is 20.8. The Bertz CT molecular complexity index is 1310. The van der Waals surface area contributed by atoms with E-state index in [2.05, 4.69) is 4.90 Å². The summed E-state index contributed by atoms with van der Waals surface area (Å²) in [5.41, 5.74) is 1.83. The Hall–Kier alpha value is -3.27. The van der Waals surface area contributed by atoms with Crippen molar-refractivity contribution in [2.75, 3.05) is 51.8 Å². The molecular formula is C27H30ClN3O5S. The van der Waals surface area contributed by atoms with Gasteiger partial charge in [-0.2, -0.15) is 4.31 Å². The average molecular weight is 544 g/mol. The molecule has 0 saturated carbocycles. The van der Waals surface area contributed by atoms with Crippen molar-refractivity contribution in [2.45, 2.75) is 11.4 Å². The first-order valence-electron chi connectivity index (χ1n) is 11.9. The van der Waals surface area contributed by atoms with Crippen molar-refractivity contribution in [2.24, 2.45) is 0 Å². The number of hydrogen-bond donors (Lipinski definition) is 0. The summed E-state index contributed by atoms with van der Waals surface area (Å²) in [5, 5.41) is 0.184. The lowest BCUT2D eigenvalue weighted by Gasteiger charge is -2.37. The van der Waals surface area contributed by atoms with Gasteiger partial charge in [-0.05, 0) is 48.0 Å². The summed E-state index contributed by atoms with van der Waals surface area (Å²) < 4.78 is 38.9. The Morgan fingerprint density at radius 1 is 0.919 bits per heavy atom. The molecule has 37 heavy (non-hydrogen) atoms. The molecule has 4 rings (SSSR count). The van der Waals surface area contributed by atoms with Gasteiger partial charge in [-0.15, -0.1) is 0 Å². The van der Waals surface area contributed by atoms with E-state index in [0.717, 1.165) is 17.0 Å². The number of rotatable bonds is 9. The topological polar surface area (TPSA) is 79.4 Å². The normalized spacial score (nSPS) is 14.1. The number of carbonyl (C=O) groups is 1. The van der Waals surface area contributed by atoms with Crippen molar-refractivity contribution in [3.05, 3.63) is 83.4 Å². The molecule has 0 spiro atoms. The van der Waals surface area contributed by atoms with Crippen LogP contribution in [0.3, 0.4) is 0 Å². The first-order chi connectivity index (χ1) is 17.8. The largest absolute Gasteiger partial charge is 0.497 e. The highest BCUT2D eigenvalue weighted by Gasteiger charge is 2.30. The van der Waals surface area contributed by atoms with E-state index in [1.165, 1.54) is 29.6 Å². The van der Waals surface area contributed by atoms with Gasteiger partial charge in [-0.3, -0.25) is 4.79 Å². The molecule has 1 saturated heterocycles. The van der Waals surface area contributed by atoms with Gasteiger partial charge in [0.1, 0.15) is 11.5 Å². The summed E-state index contributed by atoms with van der Waals surface area (Å²) in [5.74, 6) is 0.921. The van der Waals surface area contributed by atoms with Crippen LogP contribution in [-0.4, -0.2) is 70.5 Å². The van der Waals surface area contributed by atoms with E-state index in [9.17, 15) is 13.2 Å². The Labute approximate surface area is 223 Å². The molecule has 1 amide bonds. The van der Waals surface area contributed by atoms with Gasteiger partial charge in [0, 0.05) is 38.4 Å². The lowest BCUT2D eigenvalue weighted by atomic mass is 10.2. The van der Waals surface area contributed by atoms with Crippen LogP contribution < -0.4 is 14.4 Å². The molecule has 1 fully saturated rings. The first kappa shape index (κ1) is 26.8. The Morgan fingerprint density at radius 3 is 2.19 bits per heavy atom. The highest BCUT2D eigenvalue weighted by atomic mass is 35.5. The van der Waals surface area contributed by atoms with Crippen LogP contribution in [0.5, 0.6) is 11.5 Å². The summed E-state index contributed by atoms with van der Waals surface area (Å²) >= 11 is 6.21. The standard InChI is InChI=1S/C27H30ClN3O5S/c1-35-23-10-8-22(9-11-23)29-14-16-30(17-15-29)27(32)20-31(19-21-6-4-3-5-7-21)37(33,34)24-12-13-26(36-2)25(28)18-24/h3-13,18H,14-17,19-20H2,1-2H3. The number of piperazine rings is 1. The molecule has 1 aliphatic heterocycles. The molecule has 3 aromatic carbocycles. The van der Waals surface area contributed by atoms with E-state index in [4.69, 9.17) is 21.1 Å². The van der Waals surface area contributed by atoms with Crippen LogP contribution in [-0.2, 0) is 21.4 Å². The van der Waals surface area contributed by atoms with Gasteiger partial charge in [-0.25, -0.2) is 8.42 Å². The molecule has 0 bridgehead atoms. The van der Waals surface area contributed by atoms with Gasteiger partial charge in [0.25, 0.3) is 0 Å². The number of carbonyl (C=O) groups excluding carboxylic acids is 1. The van der Waals surface area contributed by atoms with Gasteiger partial charge >= 0.3 is 0 Å². The van der Waals surface area contributed by atoms with Crippen LogP contribution in [0.25, 0.3) is 0 Å². The van der Waals surface area contributed by atoms with Crippen molar-refractivity contribution < 1.29 is 22.7 Å². The Morgan fingerprint density at radius 2 is 1.59 bits per heavy atom. The number of hydrogen-bond acceptors (Lipinski definition) is 6. The monoisotopic (exact) mass is 543 g/mol. The summed E-state index contributed by atoms with van der Waals surface area (Å²) in [6, 6.07) is 21.3. The molecule has 1 heterocycles. The number of anilines is 1. The van der Waals surface area contributed by atoms with Gasteiger partial charge in [0.05, 0.1) is 30.7 Å². The third kappa shape index (κ3) is 6.36. The Balaban J connectivity index is 1.49. The Kier molecular flexibility index (Phi) is 8.58. The SMILES string of the molecule is COc1ccc(N2CCN(C(=O)CN(Cc3ccccc3)S(=O)(=O)c3ccc(OC)c(Cl)c3)CC2)cc1. The number of sulfonamides is 1. The maximum absolute atomic E-state index is 13.6. The highest BCUT2D eigenvalue weighted by molar-refractivity contribution is 7.89. The number of benzene rings is 3. The maximum Gasteiger partial charge on any atom is 0.243 e. The molecule has 196 valence electrons. The first-order valence-corrected chi connectivity index (χ1v) is 13.7. The molecule has 8 nitrogen and oxygen atoms in total. The van der Waals surface area contributed by atoms with Crippen LogP contribution in [0.4, 0.5) is 5.69 Å². The molecule has 0 aliphatic carbocycles. The van der Waals surface area contributed by atoms with E-state index >= 15 is 0 Å². The molecule has 0 unspecified atom stereocenters.